The van der Waals surface area contributed by atoms with Gasteiger partial charge in [0.2, 0.25) is 5.91 Å². The average Bonchev–Trinajstić information content (AvgIpc) is 3.06. The van der Waals surface area contributed by atoms with Crippen LogP contribution < -0.4 is 5.32 Å². The number of carbonyl (C=O) groups excluding carboxylic acids is 1. The number of nitrogens with zero attached hydrogens (tertiary/aromatic N) is 2. The molecule has 0 aromatic heterocycles. The van der Waals surface area contributed by atoms with E-state index in [4.69, 9.17) is 0 Å². The summed E-state index contributed by atoms with van der Waals surface area (Å²) in [6, 6.07) is 12.2. The van der Waals surface area contributed by atoms with Gasteiger partial charge in [-0.2, -0.15) is 0 Å². The molecular weight excluding hydrogens is 350 g/mol. The molecule has 7 heteroatoms. The number of nitrogens with one attached hydrogen (secondary N) is 1. The van der Waals surface area contributed by atoms with E-state index >= 15 is 0 Å². The second-order valence-corrected chi connectivity index (χ2v) is 7.51. The molecule has 1 N–H and O–H groups in total. The summed E-state index contributed by atoms with van der Waals surface area (Å²) in [6.07, 6.45) is 1.63. The molecule has 1 unspecified atom stereocenters. The second-order valence-electron chi connectivity index (χ2n) is 6.42. The molecule has 1 fully saturated rings. The lowest BCUT2D eigenvalue weighted by atomic mass is 10.1. The van der Waals surface area contributed by atoms with E-state index in [0.717, 1.165) is 36.2 Å². The molecular formula is C19H21N3O3S. The molecule has 0 bridgehead atoms. The van der Waals surface area contributed by atoms with E-state index in [-0.39, 0.29) is 22.6 Å². The summed E-state index contributed by atoms with van der Waals surface area (Å²) in [5, 5.41) is 14.2. The summed E-state index contributed by atoms with van der Waals surface area (Å²) < 4.78 is 1.95. The van der Waals surface area contributed by atoms with E-state index in [1.807, 2.05) is 36.4 Å². The summed E-state index contributed by atoms with van der Waals surface area (Å²) in [5.74, 6) is -0.0689. The van der Waals surface area contributed by atoms with E-state index < -0.39 is 0 Å². The average molecular weight is 371 g/mol. The molecule has 1 atom stereocenters. The highest BCUT2D eigenvalue weighted by atomic mass is 32.2. The number of hydrogen-bond acceptors (Lipinski definition) is 5. The molecule has 1 heterocycles. The zero-order chi connectivity index (χ0) is 18.7. The van der Waals surface area contributed by atoms with Gasteiger partial charge in [-0.1, -0.05) is 29.8 Å². The van der Waals surface area contributed by atoms with Crippen LogP contribution in [0, 0.1) is 24.0 Å². The topological polar surface area (TPSA) is 75.5 Å². The number of anilines is 1. The summed E-state index contributed by atoms with van der Waals surface area (Å²) in [5.41, 5.74) is 3.05. The number of hydrogen-bond donors (Lipinski definition) is 1. The third-order valence-electron chi connectivity index (χ3n) is 4.42. The molecule has 3 rings (SSSR count). The Morgan fingerprint density at radius 3 is 2.77 bits per heavy atom. The number of carbonyl (C=O) groups is 1. The first kappa shape index (κ1) is 18.4. The van der Waals surface area contributed by atoms with Gasteiger partial charge in [-0.25, -0.2) is 4.31 Å². The fraction of sp³-hybridized carbons (Fsp3) is 0.316. The van der Waals surface area contributed by atoms with Crippen molar-refractivity contribution in [1.29, 1.82) is 0 Å². The predicted molar refractivity (Wildman–Crippen MR) is 103 cm³/mol. The number of para-hydroxylation sites is 1. The highest BCUT2D eigenvalue weighted by Crippen LogP contribution is 2.36. The van der Waals surface area contributed by atoms with Gasteiger partial charge in [-0.3, -0.25) is 14.9 Å². The minimum absolute atomic E-state index is 0.0675. The fourth-order valence-corrected chi connectivity index (χ4v) is 4.27. The molecule has 2 aromatic rings. The Kier molecular flexibility index (Phi) is 5.58. The van der Waals surface area contributed by atoms with Crippen LogP contribution in [-0.2, 0) is 4.79 Å². The van der Waals surface area contributed by atoms with E-state index in [2.05, 4.69) is 5.32 Å². The smallest absolute Gasteiger partial charge is 0.284 e. The van der Waals surface area contributed by atoms with Crippen molar-refractivity contribution in [3.8, 4) is 0 Å². The van der Waals surface area contributed by atoms with Gasteiger partial charge in [0, 0.05) is 18.3 Å². The number of nitro benzene ring substituents is 1. The van der Waals surface area contributed by atoms with Crippen LogP contribution in [0.25, 0.3) is 0 Å². The maximum Gasteiger partial charge on any atom is 0.284 e. The number of aryl methyl sites for hydroxylation is 2. The van der Waals surface area contributed by atoms with Crippen LogP contribution >= 0.6 is 11.9 Å². The van der Waals surface area contributed by atoms with Crippen molar-refractivity contribution < 1.29 is 9.72 Å². The van der Waals surface area contributed by atoms with Gasteiger partial charge in [0.25, 0.3) is 5.69 Å². The van der Waals surface area contributed by atoms with Gasteiger partial charge in [-0.15, -0.1) is 0 Å². The minimum Gasteiger partial charge on any atom is -0.324 e. The van der Waals surface area contributed by atoms with E-state index in [9.17, 15) is 14.9 Å². The molecule has 26 heavy (non-hydrogen) atoms. The van der Waals surface area contributed by atoms with Crippen molar-refractivity contribution in [2.45, 2.75) is 37.6 Å². The Balaban J connectivity index is 1.74. The normalized spacial score (nSPS) is 17.2. The molecule has 0 radical (unpaired) electrons. The Morgan fingerprint density at radius 2 is 2.04 bits per heavy atom. The SMILES string of the molecule is Cc1ccc(NC(=O)C2CCCN2Sc2ccccc2[N+](=O)[O-])c(C)c1. The molecule has 1 aliphatic rings. The monoisotopic (exact) mass is 371 g/mol. The lowest BCUT2D eigenvalue weighted by Gasteiger charge is -2.22. The molecule has 0 aliphatic carbocycles. The minimum atomic E-state index is -0.386. The summed E-state index contributed by atoms with van der Waals surface area (Å²) in [6.45, 7) is 4.71. The lowest BCUT2D eigenvalue weighted by Crippen LogP contribution is -2.35. The second kappa shape index (κ2) is 7.88. The Morgan fingerprint density at radius 1 is 1.27 bits per heavy atom. The van der Waals surface area contributed by atoms with Crippen LogP contribution in [0.3, 0.4) is 0 Å². The van der Waals surface area contributed by atoms with Crippen molar-refractivity contribution in [3.05, 3.63) is 63.7 Å². The zero-order valence-corrected chi connectivity index (χ0v) is 15.6. The van der Waals surface area contributed by atoms with Gasteiger partial charge in [0.1, 0.15) is 4.90 Å². The molecule has 1 saturated heterocycles. The summed E-state index contributed by atoms with van der Waals surface area (Å²) >= 11 is 1.29. The Hall–Kier alpha value is -2.38. The van der Waals surface area contributed by atoms with Crippen molar-refractivity contribution >= 4 is 29.2 Å². The first-order valence-electron chi connectivity index (χ1n) is 8.52. The predicted octanol–water partition coefficient (Wildman–Crippen LogP) is 4.32. The van der Waals surface area contributed by atoms with Crippen molar-refractivity contribution in [2.75, 3.05) is 11.9 Å². The van der Waals surface area contributed by atoms with Crippen LogP contribution in [0.15, 0.2) is 47.4 Å². The largest absolute Gasteiger partial charge is 0.324 e. The maximum atomic E-state index is 12.8. The quantitative estimate of drug-likeness (QED) is 0.481. The zero-order valence-electron chi connectivity index (χ0n) is 14.8. The van der Waals surface area contributed by atoms with Crippen LogP contribution in [0.2, 0.25) is 0 Å². The number of benzene rings is 2. The van der Waals surface area contributed by atoms with Crippen molar-refractivity contribution in [3.63, 3.8) is 0 Å². The maximum absolute atomic E-state index is 12.8. The molecule has 1 amide bonds. The van der Waals surface area contributed by atoms with E-state index in [1.54, 1.807) is 18.2 Å². The van der Waals surface area contributed by atoms with Crippen LogP contribution in [0.5, 0.6) is 0 Å². The van der Waals surface area contributed by atoms with Gasteiger partial charge >= 0.3 is 0 Å². The number of rotatable bonds is 5. The van der Waals surface area contributed by atoms with Gasteiger partial charge in [-0.05, 0) is 56.3 Å². The first-order chi connectivity index (χ1) is 12.5. The lowest BCUT2D eigenvalue weighted by molar-refractivity contribution is -0.387. The standard InChI is InChI=1S/C19H21N3O3S/c1-13-9-10-15(14(2)12-13)20-19(23)17-7-5-11-21(17)26-18-8-4-3-6-16(18)22(24)25/h3-4,6,8-10,12,17H,5,7,11H2,1-2H3,(H,20,23). The van der Waals surface area contributed by atoms with Crippen LogP contribution in [0.4, 0.5) is 11.4 Å². The van der Waals surface area contributed by atoms with Crippen molar-refractivity contribution in [2.24, 2.45) is 0 Å². The molecule has 136 valence electrons. The fourth-order valence-electron chi connectivity index (χ4n) is 3.09. The highest BCUT2D eigenvalue weighted by molar-refractivity contribution is 7.97. The van der Waals surface area contributed by atoms with Gasteiger partial charge < -0.3 is 5.32 Å². The number of amides is 1. The van der Waals surface area contributed by atoms with Crippen molar-refractivity contribution in [1.82, 2.24) is 4.31 Å². The molecule has 0 saturated carbocycles. The molecule has 2 aromatic carbocycles. The first-order valence-corrected chi connectivity index (χ1v) is 9.29. The van der Waals surface area contributed by atoms with Gasteiger partial charge in [0.05, 0.1) is 11.0 Å². The Labute approximate surface area is 156 Å². The van der Waals surface area contributed by atoms with E-state index in [1.165, 1.54) is 18.0 Å². The Bertz CT molecular complexity index is 841. The van der Waals surface area contributed by atoms with E-state index in [0.29, 0.717) is 4.90 Å². The summed E-state index contributed by atoms with van der Waals surface area (Å²) in [4.78, 5) is 24.2. The van der Waals surface area contributed by atoms with Gasteiger partial charge in [0.15, 0.2) is 0 Å². The third kappa shape index (κ3) is 4.05. The summed E-state index contributed by atoms with van der Waals surface area (Å²) in [7, 11) is 0. The molecule has 1 aliphatic heterocycles. The van der Waals surface area contributed by atoms with Crippen LogP contribution in [-0.4, -0.2) is 27.7 Å². The number of nitro groups is 1. The third-order valence-corrected chi connectivity index (χ3v) is 5.64. The molecule has 6 nitrogen and oxygen atoms in total. The van der Waals surface area contributed by atoms with Crippen LogP contribution in [0.1, 0.15) is 24.0 Å². The highest BCUT2D eigenvalue weighted by Gasteiger charge is 2.33. The molecule has 0 spiro atoms.